The second kappa shape index (κ2) is 9.27. The van der Waals surface area contributed by atoms with Gasteiger partial charge in [-0.1, -0.05) is 48.0 Å². The zero-order chi connectivity index (χ0) is 25.4. The van der Waals surface area contributed by atoms with Crippen molar-refractivity contribution in [1.82, 2.24) is 9.55 Å². The van der Waals surface area contributed by atoms with Crippen molar-refractivity contribution in [3.8, 4) is 16.8 Å². The molecular weight excluding hydrogens is 446 g/mol. The first kappa shape index (κ1) is 23.2. The van der Waals surface area contributed by atoms with Gasteiger partial charge >= 0.3 is 0 Å². The van der Waals surface area contributed by atoms with E-state index in [4.69, 9.17) is 0 Å². The lowest BCUT2D eigenvalue weighted by Crippen LogP contribution is -2.27. The Morgan fingerprint density at radius 3 is 2.36 bits per heavy atom. The standard InChI is InChI=1S/C31H27N3O2/c1-20(2)21(3)31(36)33(4)25-11-8-12-26(18-25)34-29(35)16-14-24-19-32-28-15-13-23(17-27(28)30(24)34)22-9-6-5-7-10-22/h5-19H,1-4H3. The van der Waals surface area contributed by atoms with Crippen LogP contribution in [0.25, 0.3) is 38.6 Å². The lowest BCUT2D eigenvalue weighted by molar-refractivity contribution is -0.114. The molecule has 5 heteroatoms. The fourth-order valence-corrected chi connectivity index (χ4v) is 4.40. The van der Waals surface area contributed by atoms with Crippen LogP contribution in [0.3, 0.4) is 0 Å². The molecule has 0 atom stereocenters. The number of aromatic nitrogens is 2. The van der Waals surface area contributed by atoms with Crippen LogP contribution in [-0.4, -0.2) is 22.5 Å². The average Bonchev–Trinajstić information content (AvgIpc) is 2.91. The number of amides is 1. The largest absolute Gasteiger partial charge is 0.312 e. The van der Waals surface area contributed by atoms with Gasteiger partial charge in [0.2, 0.25) is 0 Å². The summed E-state index contributed by atoms with van der Waals surface area (Å²) in [5, 5.41) is 1.75. The van der Waals surface area contributed by atoms with Crippen LogP contribution < -0.4 is 10.5 Å². The number of likely N-dealkylation sites (N-methyl/N-ethyl adjacent to an activating group) is 1. The fourth-order valence-electron chi connectivity index (χ4n) is 4.40. The van der Waals surface area contributed by atoms with Crippen LogP contribution in [0.1, 0.15) is 20.8 Å². The molecule has 0 spiro atoms. The van der Waals surface area contributed by atoms with E-state index in [1.165, 1.54) is 0 Å². The number of hydrogen-bond donors (Lipinski definition) is 0. The lowest BCUT2D eigenvalue weighted by Gasteiger charge is -2.20. The minimum Gasteiger partial charge on any atom is -0.312 e. The second-order valence-corrected chi connectivity index (χ2v) is 9.18. The van der Waals surface area contributed by atoms with Crippen molar-refractivity contribution in [3.05, 3.63) is 113 Å². The average molecular weight is 474 g/mol. The molecule has 5 aromatic rings. The van der Waals surface area contributed by atoms with Crippen LogP contribution in [0.4, 0.5) is 5.69 Å². The van der Waals surface area contributed by atoms with E-state index in [0.29, 0.717) is 16.9 Å². The molecule has 0 fully saturated rings. The maximum absolute atomic E-state index is 13.3. The molecule has 0 radical (unpaired) electrons. The molecular formula is C31H27N3O2. The van der Waals surface area contributed by atoms with E-state index in [9.17, 15) is 9.59 Å². The molecule has 0 bridgehead atoms. The van der Waals surface area contributed by atoms with Crippen LogP contribution in [0.5, 0.6) is 0 Å². The molecule has 0 aliphatic carbocycles. The Bertz CT molecular complexity index is 1710. The van der Waals surface area contributed by atoms with Crippen LogP contribution in [0.2, 0.25) is 0 Å². The zero-order valence-electron chi connectivity index (χ0n) is 20.8. The number of fused-ring (bicyclic) bond motifs is 3. The summed E-state index contributed by atoms with van der Waals surface area (Å²) in [6.45, 7) is 5.68. The van der Waals surface area contributed by atoms with Gasteiger partial charge in [0.15, 0.2) is 0 Å². The smallest absolute Gasteiger partial charge is 0.255 e. The van der Waals surface area contributed by atoms with Crippen molar-refractivity contribution in [2.24, 2.45) is 0 Å². The number of rotatable bonds is 4. The normalized spacial score (nSPS) is 11.0. The van der Waals surface area contributed by atoms with Gasteiger partial charge in [-0.2, -0.15) is 0 Å². The van der Waals surface area contributed by atoms with Gasteiger partial charge < -0.3 is 4.90 Å². The first-order chi connectivity index (χ1) is 17.3. The first-order valence-corrected chi connectivity index (χ1v) is 11.9. The number of pyridine rings is 2. The maximum atomic E-state index is 13.3. The maximum Gasteiger partial charge on any atom is 0.255 e. The zero-order valence-corrected chi connectivity index (χ0v) is 20.8. The van der Waals surface area contributed by atoms with E-state index in [1.807, 2.05) is 75.4 Å². The summed E-state index contributed by atoms with van der Waals surface area (Å²) in [4.78, 5) is 32.5. The molecule has 5 nitrogen and oxygen atoms in total. The molecule has 0 N–H and O–H groups in total. The molecule has 36 heavy (non-hydrogen) atoms. The van der Waals surface area contributed by atoms with Crippen molar-refractivity contribution >= 4 is 33.4 Å². The van der Waals surface area contributed by atoms with Gasteiger partial charge in [-0.25, -0.2) is 0 Å². The molecule has 0 saturated carbocycles. The monoisotopic (exact) mass is 473 g/mol. The third kappa shape index (κ3) is 4.09. The number of carbonyl (C=O) groups excluding carboxylic acids is 1. The van der Waals surface area contributed by atoms with Gasteiger partial charge in [0, 0.05) is 41.3 Å². The van der Waals surface area contributed by atoms with Crippen LogP contribution >= 0.6 is 0 Å². The molecule has 0 unspecified atom stereocenters. The third-order valence-electron chi connectivity index (χ3n) is 6.68. The molecule has 3 aromatic carbocycles. The summed E-state index contributed by atoms with van der Waals surface area (Å²) in [5.41, 5.74) is 6.68. The predicted octanol–water partition coefficient (Wildman–Crippen LogP) is 6.53. The van der Waals surface area contributed by atoms with Gasteiger partial charge in [0.05, 0.1) is 16.7 Å². The van der Waals surface area contributed by atoms with Gasteiger partial charge in [0.1, 0.15) is 0 Å². The van der Waals surface area contributed by atoms with Crippen molar-refractivity contribution in [2.45, 2.75) is 20.8 Å². The number of hydrogen-bond acceptors (Lipinski definition) is 3. The SMILES string of the molecule is CC(C)=C(C)C(=O)N(C)c1cccc(-n2c(=O)ccc3cnc4ccc(-c5ccccc5)cc4c32)c1. The molecule has 2 aromatic heterocycles. The number of anilines is 1. The van der Waals surface area contributed by atoms with Crippen LogP contribution in [-0.2, 0) is 4.79 Å². The molecule has 2 heterocycles. The topological polar surface area (TPSA) is 55.2 Å². The van der Waals surface area contributed by atoms with E-state index >= 15 is 0 Å². The summed E-state index contributed by atoms with van der Waals surface area (Å²) in [7, 11) is 1.76. The summed E-state index contributed by atoms with van der Waals surface area (Å²) in [5.74, 6) is -0.0698. The molecule has 0 aliphatic rings. The molecule has 0 aliphatic heterocycles. The predicted molar refractivity (Wildman–Crippen MR) is 148 cm³/mol. The Hall–Kier alpha value is -4.51. The molecule has 1 amide bonds. The van der Waals surface area contributed by atoms with Crippen LogP contribution in [0, 0.1) is 0 Å². The van der Waals surface area contributed by atoms with Crippen molar-refractivity contribution in [2.75, 3.05) is 11.9 Å². The van der Waals surface area contributed by atoms with Crippen molar-refractivity contribution in [1.29, 1.82) is 0 Å². The van der Waals surface area contributed by atoms with E-state index in [-0.39, 0.29) is 11.5 Å². The third-order valence-corrected chi connectivity index (χ3v) is 6.68. The highest BCUT2D eigenvalue weighted by Gasteiger charge is 2.16. The minimum atomic E-state index is -0.147. The Balaban J connectivity index is 1.74. The molecule has 5 rings (SSSR count). The lowest BCUT2D eigenvalue weighted by atomic mass is 10.0. The van der Waals surface area contributed by atoms with Crippen molar-refractivity contribution < 1.29 is 4.79 Å². The van der Waals surface area contributed by atoms with Gasteiger partial charge in [-0.05, 0) is 68.3 Å². The second-order valence-electron chi connectivity index (χ2n) is 9.18. The summed E-state index contributed by atoms with van der Waals surface area (Å²) < 4.78 is 1.71. The highest BCUT2D eigenvalue weighted by Crippen LogP contribution is 2.30. The molecule has 178 valence electrons. The van der Waals surface area contributed by atoms with Gasteiger partial charge in [-0.15, -0.1) is 0 Å². The van der Waals surface area contributed by atoms with Gasteiger partial charge in [-0.3, -0.25) is 19.1 Å². The van der Waals surface area contributed by atoms with E-state index < -0.39 is 0 Å². The summed E-state index contributed by atoms with van der Waals surface area (Å²) >= 11 is 0. The summed E-state index contributed by atoms with van der Waals surface area (Å²) in [6.07, 6.45) is 1.80. The molecule has 0 saturated heterocycles. The summed E-state index contributed by atoms with van der Waals surface area (Å²) in [6, 6.07) is 27.2. The van der Waals surface area contributed by atoms with Gasteiger partial charge in [0.25, 0.3) is 11.5 Å². The van der Waals surface area contributed by atoms with Crippen molar-refractivity contribution in [3.63, 3.8) is 0 Å². The number of nitrogens with zero attached hydrogens (tertiary/aromatic N) is 3. The number of carbonyl (C=O) groups is 1. The van der Waals surface area contributed by atoms with E-state index in [0.717, 1.165) is 38.5 Å². The quantitative estimate of drug-likeness (QED) is 0.220. The highest BCUT2D eigenvalue weighted by atomic mass is 16.2. The first-order valence-electron chi connectivity index (χ1n) is 11.9. The Labute approximate surface area is 210 Å². The van der Waals surface area contributed by atoms with Crippen LogP contribution in [0.15, 0.2) is 107 Å². The fraction of sp³-hybridized carbons (Fsp3) is 0.129. The van der Waals surface area contributed by atoms with E-state index in [1.54, 1.807) is 28.8 Å². The Morgan fingerprint density at radius 1 is 0.833 bits per heavy atom. The van der Waals surface area contributed by atoms with E-state index in [2.05, 4.69) is 29.2 Å². The number of allylic oxidation sites excluding steroid dienone is 1. The Morgan fingerprint density at radius 2 is 1.61 bits per heavy atom. The Kier molecular flexibility index (Phi) is 5.98. The number of benzene rings is 3. The highest BCUT2D eigenvalue weighted by molar-refractivity contribution is 6.06. The minimum absolute atomic E-state index is 0.0698.